The minimum atomic E-state index is -0.540. The van der Waals surface area contributed by atoms with Gasteiger partial charge in [-0.2, -0.15) is 0 Å². The zero-order chi connectivity index (χ0) is 41.9. The van der Waals surface area contributed by atoms with Crippen molar-refractivity contribution in [2.45, 2.75) is 49.9 Å². The molecule has 0 bridgehead atoms. The number of carbonyl (C=O) groups excluding carboxylic acids is 4. The van der Waals surface area contributed by atoms with Crippen molar-refractivity contribution in [2.75, 3.05) is 27.2 Å². The first kappa shape index (κ1) is 43.5. The zero-order valence-corrected chi connectivity index (χ0v) is 36.7. The van der Waals surface area contributed by atoms with E-state index >= 15 is 0 Å². The number of imide groups is 2. The normalized spacial score (nSPS) is 20.6. The quantitative estimate of drug-likeness (QED) is 0.0726. The van der Waals surface area contributed by atoms with E-state index in [4.69, 9.17) is 5.11 Å². The fourth-order valence-corrected chi connectivity index (χ4v) is 10.3. The van der Waals surface area contributed by atoms with Crippen molar-refractivity contribution in [3.63, 3.8) is 0 Å². The Balaban J connectivity index is 0.000000162. The van der Waals surface area contributed by atoms with Crippen molar-refractivity contribution in [3.8, 4) is 0 Å². The molecule has 13 nitrogen and oxygen atoms in total. The number of H-pyrrole nitrogens is 2. The summed E-state index contributed by atoms with van der Waals surface area (Å²) in [5.41, 5.74) is 10.4. The number of benzene rings is 4. The summed E-state index contributed by atoms with van der Waals surface area (Å²) in [5.74, 6) is -3.03. The third-order valence-corrected chi connectivity index (χ3v) is 12.9. The number of fused-ring (bicyclic) bond motifs is 2. The van der Waals surface area contributed by atoms with Crippen LogP contribution in [0.25, 0.3) is 43.6 Å². The van der Waals surface area contributed by atoms with Gasteiger partial charge in [-0.3, -0.25) is 29.8 Å². The van der Waals surface area contributed by atoms with Gasteiger partial charge in [-0.05, 0) is 52.6 Å². The van der Waals surface area contributed by atoms with Crippen LogP contribution in [0.4, 0.5) is 0 Å². The van der Waals surface area contributed by atoms with E-state index in [0.717, 1.165) is 107 Å². The second-order valence-electron chi connectivity index (χ2n) is 16.3. The fourth-order valence-electron chi connectivity index (χ4n) is 10.3. The first-order valence-electron chi connectivity index (χ1n) is 20.7. The molecule has 4 aliphatic rings. The predicted octanol–water partition coefficient (Wildman–Crippen LogP) is 5.90. The van der Waals surface area contributed by atoms with Crippen LogP contribution in [0.3, 0.4) is 0 Å². The smallest absolute Gasteiger partial charge is 0.235 e. The molecule has 2 saturated heterocycles. The van der Waals surface area contributed by atoms with Gasteiger partial charge in [0.2, 0.25) is 23.6 Å². The van der Waals surface area contributed by atoms with Gasteiger partial charge in [-0.15, -0.1) is 0 Å². The van der Waals surface area contributed by atoms with Crippen molar-refractivity contribution in [1.29, 1.82) is 0 Å². The Labute approximate surface area is 377 Å². The Kier molecular flexibility index (Phi) is 12.1. The zero-order valence-electron chi connectivity index (χ0n) is 35.2. The number of hydrogen-bond donors (Lipinski definition) is 6. The molecule has 14 heteroatoms. The van der Waals surface area contributed by atoms with Crippen molar-refractivity contribution < 1.29 is 44.7 Å². The molecule has 2 fully saturated rings. The van der Waals surface area contributed by atoms with E-state index in [1.807, 2.05) is 67.0 Å². The van der Waals surface area contributed by atoms with Crippen LogP contribution in [0.2, 0.25) is 0 Å². The number of amides is 4. The molecule has 4 amide bonds. The number of aromatic amines is 2. The number of hydrogen-bond acceptors (Lipinski definition) is 7. The molecule has 326 valence electrons. The summed E-state index contributed by atoms with van der Waals surface area (Å²) in [7, 11) is 3.13. The third kappa shape index (κ3) is 7.22. The molecule has 12 rings (SSSR count). The summed E-state index contributed by atoms with van der Waals surface area (Å²) in [6.45, 7) is 5.21. The van der Waals surface area contributed by atoms with E-state index in [9.17, 15) is 19.2 Å². The van der Waals surface area contributed by atoms with Crippen LogP contribution in [0.15, 0.2) is 110 Å². The molecule has 4 unspecified atom stereocenters. The molecule has 4 atom stereocenters. The standard InChI is InChI=1S/C24H22N4O2.C23H20N4O2.CH4O.CH3.Pd/c1-27-9-10-28-13-18(16-7-4-5-14(12-27)22(16)28)21-20(23(29)26-24(21)30)17-11-25-19-8-3-2-6-15(17)19;28-22-19(16-11-25-18-7-2-1-5-14(16)18)20(23(29)26-22)17-12-27-9-8-24-10-13-4-3-6-15(17)21(13)27;1-2;;/h2-8,11,13,20-21,25H,9-10,12H2,1H3,(H,26,29,30);1-7,11-12,19-20,24-25H,8-10H2,(H,26,28,29);2H,1H3;1H3;/q;;;-1;. The van der Waals surface area contributed by atoms with Crippen LogP contribution >= 0.6 is 0 Å². The molecule has 6 N–H and O–H groups in total. The van der Waals surface area contributed by atoms with Gasteiger partial charge in [-0.25, -0.2) is 0 Å². The molecular formula is C49H49N8O5Pd-. The summed E-state index contributed by atoms with van der Waals surface area (Å²) in [6.07, 6.45) is 7.92. The molecule has 8 heterocycles. The SMILES string of the molecule is CN1CCn2cc(C3C(=O)NC(=O)C3c3c[nH]c4ccccc34)c3cccc(c32)C1.CO.O=C1NC(=O)C(c2cn3c4c(cccc24)CNCC3)C1c1c[nH]c2ccccc12.[CH3-].[Pd]. The van der Waals surface area contributed by atoms with E-state index in [1.165, 1.54) is 16.6 Å². The number of aliphatic hydroxyl groups excluding tert-OH is 1. The first-order chi connectivity index (χ1) is 29.8. The number of nitrogens with zero attached hydrogens (tertiary/aromatic N) is 3. The Bertz CT molecular complexity index is 3050. The van der Waals surface area contributed by atoms with Crippen molar-refractivity contribution >= 4 is 67.2 Å². The van der Waals surface area contributed by atoms with E-state index in [1.54, 1.807) is 0 Å². The number of para-hydroxylation sites is 4. The maximum absolute atomic E-state index is 13.0. The predicted molar refractivity (Wildman–Crippen MR) is 240 cm³/mol. The number of likely N-dealkylation sites (N-methyl/N-ethyl adjacent to an activating group) is 1. The maximum atomic E-state index is 13.0. The van der Waals surface area contributed by atoms with Crippen molar-refractivity contribution in [2.24, 2.45) is 0 Å². The number of carbonyl (C=O) groups is 4. The van der Waals surface area contributed by atoms with Crippen LogP contribution in [0.1, 0.15) is 57.1 Å². The van der Waals surface area contributed by atoms with Gasteiger partial charge in [0.05, 0.1) is 34.7 Å². The number of nitrogens with one attached hydrogen (secondary N) is 5. The van der Waals surface area contributed by atoms with E-state index in [2.05, 4.69) is 89.7 Å². The van der Waals surface area contributed by atoms with Crippen LogP contribution < -0.4 is 16.0 Å². The Morgan fingerprint density at radius 1 is 0.540 bits per heavy atom. The maximum Gasteiger partial charge on any atom is 0.235 e. The summed E-state index contributed by atoms with van der Waals surface area (Å²) < 4.78 is 4.48. The summed E-state index contributed by atoms with van der Waals surface area (Å²) in [4.78, 5) is 60.6. The van der Waals surface area contributed by atoms with Crippen LogP contribution in [0.5, 0.6) is 0 Å². The molecule has 0 spiro atoms. The van der Waals surface area contributed by atoms with Crippen molar-refractivity contribution in [3.05, 3.63) is 151 Å². The van der Waals surface area contributed by atoms with Gasteiger partial charge in [-0.1, -0.05) is 72.8 Å². The average molecular weight is 936 g/mol. The fraction of sp³-hybridized carbons (Fsp3) is 0.245. The van der Waals surface area contributed by atoms with Gasteiger partial charge >= 0.3 is 0 Å². The molecule has 8 aromatic rings. The van der Waals surface area contributed by atoms with E-state index in [-0.39, 0.29) is 51.5 Å². The summed E-state index contributed by atoms with van der Waals surface area (Å²) >= 11 is 0. The molecule has 0 radical (unpaired) electrons. The van der Waals surface area contributed by atoms with Crippen LogP contribution in [0, 0.1) is 7.43 Å². The minimum Gasteiger partial charge on any atom is -0.400 e. The molecule has 4 aliphatic heterocycles. The van der Waals surface area contributed by atoms with Gasteiger partial charge in [0.15, 0.2) is 0 Å². The molecule has 4 aromatic heterocycles. The third-order valence-electron chi connectivity index (χ3n) is 12.9. The van der Waals surface area contributed by atoms with Crippen LogP contribution in [-0.4, -0.2) is 80.0 Å². The van der Waals surface area contributed by atoms with E-state index < -0.39 is 23.7 Å². The topological polar surface area (TPSA) is 169 Å². The van der Waals surface area contributed by atoms with Crippen molar-refractivity contribution in [1.82, 2.24) is 40.0 Å². The molecule has 0 aliphatic carbocycles. The van der Waals surface area contributed by atoms with Gasteiger partial charge in [0.25, 0.3) is 0 Å². The largest absolute Gasteiger partial charge is 0.400 e. The second kappa shape index (κ2) is 17.6. The Morgan fingerprint density at radius 3 is 1.52 bits per heavy atom. The number of aliphatic hydroxyl groups is 1. The summed E-state index contributed by atoms with van der Waals surface area (Å²) in [6, 6.07) is 28.3. The average Bonchev–Trinajstić information content (AvgIpc) is 4.10. The van der Waals surface area contributed by atoms with E-state index in [0.29, 0.717) is 0 Å². The number of rotatable bonds is 4. The van der Waals surface area contributed by atoms with Gasteiger partial charge in [0, 0.05) is 124 Å². The second-order valence-corrected chi connectivity index (χ2v) is 16.3. The monoisotopic (exact) mass is 935 g/mol. The molecule has 4 aromatic carbocycles. The molecule has 63 heavy (non-hydrogen) atoms. The first-order valence-corrected chi connectivity index (χ1v) is 20.7. The van der Waals surface area contributed by atoms with Gasteiger partial charge in [0.1, 0.15) is 0 Å². The Hall–Kier alpha value is -6.14. The Morgan fingerprint density at radius 2 is 0.984 bits per heavy atom. The number of aromatic nitrogens is 4. The summed E-state index contributed by atoms with van der Waals surface area (Å²) in [5, 5.41) is 19.7. The molecular weight excluding hydrogens is 887 g/mol. The van der Waals surface area contributed by atoms with Gasteiger partial charge < -0.3 is 41.9 Å². The van der Waals surface area contributed by atoms with Crippen LogP contribution in [-0.2, 0) is 65.8 Å². The minimum absolute atomic E-state index is 0. The molecule has 0 saturated carbocycles.